The number of rotatable bonds is 13. The summed E-state index contributed by atoms with van der Waals surface area (Å²) >= 11 is 0. The number of carboxylic acid groups (broad SMARTS) is 1. The van der Waals surface area contributed by atoms with Crippen molar-refractivity contribution in [3.05, 3.63) is 60.7 Å². The zero-order valence-electron chi connectivity index (χ0n) is 21.2. The first-order valence-corrected chi connectivity index (χ1v) is 12.4. The molecule has 0 spiro atoms. The van der Waals surface area contributed by atoms with Crippen molar-refractivity contribution in [3.8, 4) is 0 Å². The van der Waals surface area contributed by atoms with Gasteiger partial charge in [-0.15, -0.1) is 0 Å². The van der Waals surface area contributed by atoms with E-state index in [1.54, 1.807) is 6.92 Å². The lowest BCUT2D eigenvalue weighted by Crippen LogP contribution is -2.27. The van der Waals surface area contributed by atoms with Crippen LogP contribution in [0.1, 0.15) is 52.5 Å². The first-order valence-electron chi connectivity index (χ1n) is 12.4. The fourth-order valence-corrected chi connectivity index (χ4v) is 4.66. The Morgan fingerprint density at radius 3 is 2.00 bits per heavy atom. The first kappa shape index (κ1) is 27.0. The number of ether oxygens (including phenoxy) is 2. The SMILES string of the molecule is C=C(C)C(=O)OCCCOC(=O)C(CC(CC)C(=O)O)CC(C)n1c2ccccc2c2ccccc21. The number of hydrogen-bond donors (Lipinski definition) is 1. The molecule has 0 bridgehead atoms. The van der Waals surface area contributed by atoms with Gasteiger partial charge in [0, 0.05) is 39.8 Å². The fraction of sp³-hybridized carbons (Fsp3) is 0.414. The van der Waals surface area contributed by atoms with Crippen LogP contribution in [0.4, 0.5) is 0 Å². The van der Waals surface area contributed by atoms with Gasteiger partial charge in [0.25, 0.3) is 0 Å². The number of aromatic nitrogens is 1. The predicted molar refractivity (Wildman–Crippen MR) is 140 cm³/mol. The van der Waals surface area contributed by atoms with Gasteiger partial charge in [-0.25, -0.2) is 4.79 Å². The smallest absolute Gasteiger partial charge is 0.333 e. The van der Waals surface area contributed by atoms with E-state index in [0.717, 1.165) is 21.8 Å². The van der Waals surface area contributed by atoms with Gasteiger partial charge >= 0.3 is 17.9 Å². The standard InChI is InChI=1S/C29H35NO6/c1-5-21(27(31)32)18-22(29(34)36-16-10-15-35-28(33)19(2)3)17-20(4)30-25-13-8-6-11-23(25)24-12-7-9-14-26(24)30/h6-9,11-14,20-22H,2,5,10,15-18H2,1,3-4H3,(H,31,32). The summed E-state index contributed by atoms with van der Waals surface area (Å²) in [4.78, 5) is 36.4. The highest BCUT2D eigenvalue weighted by Gasteiger charge is 2.30. The number of carbonyl (C=O) groups is 3. The third-order valence-electron chi connectivity index (χ3n) is 6.54. The zero-order chi connectivity index (χ0) is 26.2. The lowest BCUT2D eigenvalue weighted by molar-refractivity contribution is -0.151. The third kappa shape index (κ3) is 6.33. The molecule has 0 radical (unpaired) electrons. The molecule has 0 aliphatic heterocycles. The minimum Gasteiger partial charge on any atom is -0.481 e. The maximum atomic E-state index is 13.1. The number of fused-ring (bicyclic) bond motifs is 3. The van der Waals surface area contributed by atoms with Gasteiger partial charge in [-0.05, 0) is 45.2 Å². The second-order valence-electron chi connectivity index (χ2n) is 9.30. The van der Waals surface area contributed by atoms with E-state index in [-0.39, 0.29) is 25.7 Å². The van der Waals surface area contributed by atoms with Gasteiger partial charge in [0.15, 0.2) is 0 Å². The van der Waals surface area contributed by atoms with Crippen molar-refractivity contribution in [3.63, 3.8) is 0 Å². The van der Waals surface area contributed by atoms with Crippen LogP contribution in [0.25, 0.3) is 21.8 Å². The summed E-state index contributed by atoms with van der Waals surface area (Å²) in [6.07, 6.45) is 1.43. The van der Waals surface area contributed by atoms with Crippen LogP contribution in [0.5, 0.6) is 0 Å². The lowest BCUT2D eigenvalue weighted by atomic mass is 9.88. The average Bonchev–Trinajstić information content (AvgIpc) is 3.20. The summed E-state index contributed by atoms with van der Waals surface area (Å²) in [5.41, 5.74) is 2.45. The highest BCUT2D eigenvalue weighted by molar-refractivity contribution is 6.08. The van der Waals surface area contributed by atoms with E-state index in [0.29, 0.717) is 24.8 Å². The highest BCUT2D eigenvalue weighted by atomic mass is 16.5. The molecule has 2 aromatic carbocycles. The molecule has 3 atom stereocenters. The first-order chi connectivity index (χ1) is 17.2. The molecule has 0 aliphatic rings. The minimum absolute atomic E-state index is 0.0739. The van der Waals surface area contributed by atoms with E-state index in [2.05, 4.69) is 42.3 Å². The van der Waals surface area contributed by atoms with Crippen LogP contribution in [0.15, 0.2) is 60.7 Å². The second-order valence-corrected chi connectivity index (χ2v) is 9.30. The monoisotopic (exact) mass is 493 g/mol. The largest absolute Gasteiger partial charge is 0.481 e. The summed E-state index contributed by atoms with van der Waals surface area (Å²) in [7, 11) is 0. The summed E-state index contributed by atoms with van der Waals surface area (Å²) in [6, 6.07) is 16.2. The van der Waals surface area contributed by atoms with Crippen molar-refractivity contribution in [2.75, 3.05) is 13.2 Å². The van der Waals surface area contributed by atoms with Gasteiger partial charge in [0.05, 0.1) is 25.0 Å². The molecule has 7 nitrogen and oxygen atoms in total. The third-order valence-corrected chi connectivity index (χ3v) is 6.54. The number of aliphatic carboxylic acids is 1. The Bertz CT molecular complexity index is 1190. The van der Waals surface area contributed by atoms with Crippen molar-refractivity contribution in [2.24, 2.45) is 11.8 Å². The number of carbonyl (C=O) groups excluding carboxylic acids is 2. The molecule has 3 rings (SSSR count). The second kappa shape index (κ2) is 12.4. The van der Waals surface area contributed by atoms with Gasteiger partial charge in [0.2, 0.25) is 0 Å². The summed E-state index contributed by atoms with van der Waals surface area (Å²) in [5, 5.41) is 11.9. The van der Waals surface area contributed by atoms with E-state index < -0.39 is 29.7 Å². The van der Waals surface area contributed by atoms with E-state index in [9.17, 15) is 19.5 Å². The van der Waals surface area contributed by atoms with Crippen LogP contribution in [-0.2, 0) is 23.9 Å². The number of carboxylic acids is 1. The predicted octanol–water partition coefficient (Wildman–Crippen LogP) is 5.92. The molecule has 0 amide bonds. The van der Waals surface area contributed by atoms with Crippen LogP contribution in [0.3, 0.4) is 0 Å². The van der Waals surface area contributed by atoms with Gasteiger partial charge in [-0.1, -0.05) is 49.9 Å². The number of para-hydroxylation sites is 2. The summed E-state index contributed by atoms with van der Waals surface area (Å²) < 4.78 is 12.8. The van der Waals surface area contributed by atoms with Crippen molar-refractivity contribution >= 4 is 39.7 Å². The summed E-state index contributed by atoms with van der Waals surface area (Å²) in [6.45, 7) is 9.17. The maximum absolute atomic E-state index is 13.1. The Morgan fingerprint density at radius 1 is 0.917 bits per heavy atom. The Labute approximate surface area is 211 Å². The molecule has 0 aliphatic carbocycles. The van der Waals surface area contributed by atoms with Crippen molar-refractivity contribution in [2.45, 2.75) is 52.5 Å². The normalized spacial score (nSPS) is 13.8. The lowest BCUT2D eigenvalue weighted by Gasteiger charge is -2.24. The van der Waals surface area contributed by atoms with E-state index in [4.69, 9.17) is 9.47 Å². The van der Waals surface area contributed by atoms with E-state index in [1.165, 1.54) is 0 Å². The van der Waals surface area contributed by atoms with Crippen LogP contribution in [-0.4, -0.2) is 40.8 Å². The van der Waals surface area contributed by atoms with Gasteiger partial charge in [0.1, 0.15) is 0 Å². The molecule has 0 fully saturated rings. The van der Waals surface area contributed by atoms with E-state index >= 15 is 0 Å². The number of esters is 2. The molecule has 192 valence electrons. The molecule has 7 heteroatoms. The fourth-order valence-electron chi connectivity index (χ4n) is 4.66. The van der Waals surface area contributed by atoms with Crippen LogP contribution in [0, 0.1) is 11.8 Å². The highest BCUT2D eigenvalue weighted by Crippen LogP contribution is 2.35. The maximum Gasteiger partial charge on any atom is 0.333 e. The molecule has 1 N–H and O–H groups in total. The van der Waals surface area contributed by atoms with Gasteiger partial charge < -0.3 is 19.1 Å². The molecule has 1 aromatic heterocycles. The number of nitrogens with zero attached hydrogens (tertiary/aromatic N) is 1. The van der Waals surface area contributed by atoms with Gasteiger partial charge in [-0.3, -0.25) is 9.59 Å². The molecule has 36 heavy (non-hydrogen) atoms. The Hall–Kier alpha value is -3.61. The van der Waals surface area contributed by atoms with E-state index in [1.807, 2.05) is 31.2 Å². The molecule has 3 unspecified atom stereocenters. The molecule has 0 saturated heterocycles. The molecular weight excluding hydrogens is 458 g/mol. The topological polar surface area (TPSA) is 94.8 Å². The van der Waals surface area contributed by atoms with Gasteiger partial charge in [-0.2, -0.15) is 0 Å². The minimum atomic E-state index is -0.911. The number of benzene rings is 2. The molecule has 3 aromatic rings. The van der Waals surface area contributed by atoms with Crippen molar-refractivity contribution in [1.82, 2.24) is 4.57 Å². The average molecular weight is 494 g/mol. The molecular formula is C29H35NO6. The van der Waals surface area contributed by atoms with Crippen molar-refractivity contribution in [1.29, 1.82) is 0 Å². The van der Waals surface area contributed by atoms with Crippen LogP contribution in [0.2, 0.25) is 0 Å². The molecule has 1 heterocycles. The Kier molecular flexibility index (Phi) is 9.28. The van der Waals surface area contributed by atoms with Crippen LogP contribution >= 0.6 is 0 Å². The quantitative estimate of drug-likeness (QED) is 0.181. The summed E-state index contributed by atoms with van der Waals surface area (Å²) in [5.74, 6) is -3.03. The zero-order valence-corrected chi connectivity index (χ0v) is 21.2. The number of hydrogen-bond acceptors (Lipinski definition) is 5. The van der Waals surface area contributed by atoms with Crippen LogP contribution < -0.4 is 0 Å². The Morgan fingerprint density at radius 2 is 1.47 bits per heavy atom. The molecule has 0 saturated carbocycles. The Balaban J connectivity index is 1.78. The van der Waals surface area contributed by atoms with Crippen molar-refractivity contribution < 1.29 is 29.0 Å².